The first-order valence-corrected chi connectivity index (χ1v) is 9.86. The number of esters is 1. The van der Waals surface area contributed by atoms with Crippen LogP contribution in [0.3, 0.4) is 0 Å². The summed E-state index contributed by atoms with van der Waals surface area (Å²) in [5.74, 6) is 0.468. The van der Waals surface area contributed by atoms with Gasteiger partial charge in [0.15, 0.2) is 5.76 Å². The smallest absolute Gasteiger partial charge is 0.317 e. The van der Waals surface area contributed by atoms with Gasteiger partial charge < -0.3 is 9.26 Å². The summed E-state index contributed by atoms with van der Waals surface area (Å²) in [6.45, 7) is 0.114. The van der Waals surface area contributed by atoms with E-state index in [2.05, 4.69) is 5.16 Å². The molecule has 1 aromatic carbocycles. The summed E-state index contributed by atoms with van der Waals surface area (Å²) in [5.41, 5.74) is 0.990. The summed E-state index contributed by atoms with van der Waals surface area (Å²) in [7, 11) is 0. The predicted molar refractivity (Wildman–Crippen MR) is 101 cm³/mol. The van der Waals surface area contributed by atoms with E-state index < -0.39 is 5.41 Å². The summed E-state index contributed by atoms with van der Waals surface area (Å²) < 4.78 is 11.0. The zero-order chi connectivity index (χ0) is 18.0. The van der Waals surface area contributed by atoms with Gasteiger partial charge in [-0.1, -0.05) is 35.7 Å². The van der Waals surface area contributed by atoms with E-state index in [0.717, 1.165) is 36.1 Å². The summed E-state index contributed by atoms with van der Waals surface area (Å²) >= 11 is 7.53. The van der Waals surface area contributed by atoms with E-state index in [4.69, 9.17) is 20.9 Å². The first kappa shape index (κ1) is 17.3. The third-order valence-electron chi connectivity index (χ3n) is 4.88. The minimum atomic E-state index is -0.489. The Kier molecular flexibility index (Phi) is 4.83. The maximum atomic E-state index is 12.9. The fraction of sp³-hybridized carbons (Fsp3) is 0.300. The van der Waals surface area contributed by atoms with Crippen molar-refractivity contribution in [2.24, 2.45) is 0 Å². The highest BCUT2D eigenvalue weighted by Crippen LogP contribution is 2.44. The van der Waals surface area contributed by atoms with Crippen molar-refractivity contribution in [3.8, 4) is 11.3 Å². The minimum Gasteiger partial charge on any atom is -0.458 e. The Labute approximate surface area is 160 Å². The first-order chi connectivity index (χ1) is 12.7. The average Bonchev–Trinajstić information content (AvgIpc) is 3.41. The zero-order valence-electron chi connectivity index (χ0n) is 14.1. The molecule has 3 aromatic rings. The van der Waals surface area contributed by atoms with Gasteiger partial charge in [-0.15, -0.1) is 11.3 Å². The van der Waals surface area contributed by atoms with E-state index in [0.29, 0.717) is 16.5 Å². The van der Waals surface area contributed by atoms with E-state index in [-0.39, 0.29) is 12.6 Å². The molecule has 4 nitrogen and oxygen atoms in total. The van der Waals surface area contributed by atoms with Gasteiger partial charge in [-0.2, -0.15) is 0 Å². The number of benzene rings is 1. The summed E-state index contributed by atoms with van der Waals surface area (Å²) in [4.78, 5) is 14.0. The Balaban J connectivity index is 1.45. The molecule has 0 aliphatic heterocycles. The molecule has 2 heterocycles. The van der Waals surface area contributed by atoms with Crippen molar-refractivity contribution in [1.82, 2.24) is 5.16 Å². The van der Waals surface area contributed by atoms with Crippen LogP contribution in [-0.2, 0) is 21.6 Å². The van der Waals surface area contributed by atoms with Gasteiger partial charge in [0.1, 0.15) is 17.7 Å². The number of aromatic nitrogens is 1. The number of carbonyl (C=O) groups excluding carboxylic acids is 1. The van der Waals surface area contributed by atoms with Gasteiger partial charge >= 0.3 is 5.97 Å². The fourth-order valence-corrected chi connectivity index (χ4v) is 4.59. The van der Waals surface area contributed by atoms with E-state index in [9.17, 15) is 4.79 Å². The summed E-state index contributed by atoms with van der Waals surface area (Å²) in [6.07, 6.45) is 3.80. The maximum Gasteiger partial charge on any atom is 0.317 e. The number of ether oxygens (including phenoxy) is 1. The molecule has 134 valence electrons. The van der Waals surface area contributed by atoms with Gasteiger partial charge in [0, 0.05) is 21.5 Å². The monoisotopic (exact) mass is 387 g/mol. The molecule has 0 atom stereocenters. The predicted octanol–water partition coefficient (Wildman–Crippen LogP) is 5.61. The number of thiophene rings is 1. The highest BCUT2D eigenvalue weighted by molar-refractivity contribution is 7.10. The van der Waals surface area contributed by atoms with Crippen LogP contribution in [0.25, 0.3) is 11.3 Å². The second-order valence-electron chi connectivity index (χ2n) is 6.53. The van der Waals surface area contributed by atoms with Crippen LogP contribution >= 0.6 is 22.9 Å². The van der Waals surface area contributed by atoms with Gasteiger partial charge in [-0.25, -0.2) is 0 Å². The molecule has 0 saturated heterocycles. The third kappa shape index (κ3) is 3.29. The zero-order valence-corrected chi connectivity index (χ0v) is 15.7. The van der Waals surface area contributed by atoms with Gasteiger partial charge in [-0.3, -0.25) is 4.79 Å². The second kappa shape index (κ2) is 7.25. The van der Waals surface area contributed by atoms with Crippen molar-refractivity contribution >= 4 is 28.9 Å². The summed E-state index contributed by atoms with van der Waals surface area (Å²) in [5, 5.41) is 6.69. The molecule has 0 spiro atoms. The second-order valence-corrected chi connectivity index (χ2v) is 7.92. The molecule has 0 N–H and O–H groups in total. The number of hydrogen-bond donors (Lipinski definition) is 0. The molecule has 6 heteroatoms. The quantitative estimate of drug-likeness (QED) is 0.534. The largest absolute Gasteiger partial charge is 0.458 e. The highest BCUT2D eigenvalue weighted by Gasteiger charge is 2.45. The number of carbonyl (C=O) groups is 1. The fourth-order valence-electron chi connectivity index (χ4n) is 3.49. The molecule has 1 saturated carbocycles. The van der Waals surface area contributed by atoms with E-state index in [1.54, 1.807) is 29.5 Å². The Morgan fingerprint density at radius 2 is 2.00 bits per heavy atom. The lowest BCUT2D eigenvalue weighted by molar-refractivity contribution is -0.152. The molecule has 1 aliphatic rings. The standard InChI is InChI=1S/C20H18ClNO3S/c21-15-7-5-14(6-8-15)17-12-16(22-25-17)13-24-19(23)20(9-1-2-10-20)18-4-3-11-26-18/h3-8,11-12H,1-2,9-10,13H2. The van der Waals surface area contributed by atoms with E-state index >= 15 is 0 Å². The van der Waals surface area contributed by atoms with Crippen molar-refractivity contribution in [2.45, 2.75) is 37.7 Å². The lowest BCUT2D eigenvalue weighted by Gasteiger charge is -2.25. The molecule has 0 bridgehead atoms. The van der Waals surface area contributed by atoms with Crippen LogP contribution < -0.4 is 0 Å². The lowest BCUT2D eigenvalue weighted by atomic mass is 9.84. The third-order valence-corrected chi connectivity index (χ3v) is 6.21. The normalized spacial score (nSPS) is 15.9. The molecule has 0 radical (unpaired) electrons. The molecule has 26 heavy (non-hydrogen) atoms. The SMILES string of the molecule is O=C(OCc1cc(-c2ccc(Cl)cc2)on1)C1(c2cccs2)CCCC1. The first-order valence-electron chi connectivity index (χ1n) is 8.60. The lowest BCUT2D eigenvalue weighted by Crippen LogP contribution is -2.33. The number of rotatable bonds is 5. The van der Waals surface area contributed by atoms with Crippen LogP contribution in [0.2, 0.25) is 5.02 Å². The molecule has 0 unspecified atom stereocenters. The summed E-state index contributed by atoms with van der Waals surface area (Å²) in [6, 6.07) is 13.1. The van der Waals surface area contributed by atoms with Crippen LogP contribution in [-0.4, -0.2) is 11.1 Å². The van der Waals surface area contributed by atoms with Gasteiger partial charge in [0.05, 0.1) is 0 Å². The number of halogens is 1. The Hall–Kier alpha value is -2.11. The van der Waals surface area contributed by atoms with Crippen molar-refractivity contribution in [3.05, 3.63) is 63.4 Å². The Bertz CT molecular complexity index is 880. The molecular formula is C20H18ClNO3S. The van der Waals surface area contributed by atoms with E-state index in [1.807, 2.05) is 29.6 Å². The van der Waals surface area contributed by atoms with Gasteiger partial charge in [-0.05, 0) is 48.6 Å². The molecule has 1 fully saturated rings. The molecule has 2 aromatic heterocycles. The highest BCUT2D eigenvalue weighted by atomic mass is 35.5. The van der Waals surface area contributed by atoms with Crippen LogP contribution in [0.15, 0.2) is 52.4 Å². The molecule has 4 rings (SSSR count). The van der Waals surface area contributed by atoms with Crippen molar-refractivity contribution in [2.75, 3.05) is 0 Å². The molecule has 1 aliphatic carbocycles. The van der Waals surface area contributed by atoms with Crippen molar-refractivity contribution in [1.29, 1.82) is 0 Å². The Morgan fingerprint density at radius 3 is 2.69 bits per heavy atom. The molecule has 0 amide bonds. The van der Waals surface area contributed by atoms with Crippen LogP contribution in [0.5, 0.6) is 0 Å². The van der Waals surface area contributed by atoms with Crippen LogP contribution in [0, 0.1) is 0 Å². The van der Waals surface area contributed by atoms with Crippen molar-refractivity contribution < 1.29 is 14.1 Å². The Morgan fingerprint density at radius 1 is 1.23 bits per heavy atom. The average molecular weight is 388 g/mol. The number of nitrogens with zero attached hydrogens (tertiary/aromatic N) is 1. The van der Waals surface area contributed by atoms with Gasteiger partial charge in [0.2, 0.25) is 0 Å². The molecular weight excluding hydrogens is 370 g/mol. The maximum absolute atomic E-state index is 12.9. The van der Waals surface area contributed by atoms with Crippen LogP contribution in [0.4, 0.5) is 0 Å². The van der Waals surface area contributed by atoms with Gasteiger partial charge in [0.25, 0.3) is 0 Å². The topological polar surface area (TPSA) is 52.3 Å². The minimum absolute atomic E-state index is 0.114. The van der Waals surface area contributed by atoms with Crippen LogP contribution in [0.1, 0.15) is 36.3 Å². The van der Waals surface area contributed by atoms with E-state index in [1.165, 1.54) is 0 Å². The van der Waals surface area contributed by atoms with Crippen molar-refractivity contribution in [3.63, 3.8) is 0 Å². The number of hydrogen-bond acceptors (Lipinski definition) is 5.